The summed E-state index contributed by atoms with van der Waals surface area (Å²) in [6.45, 7) is 22.3. The maximum absolute atomic E-state index is 4.37. The topological polar surface area (TPSA) is 25.8 Å². The minimum Gasteiger partial charge on any atom is -0.261 e. The van der Waals surface area contributed by atoms with E-state index in [2.05, 4.69) is 60.2 Å². The highest BCUT2D eigenvalue weighted by Gasteiger charge is 1.98. The van der Waals surface area contributed by atoms with Crippen molar-refractivity contribution in [2.75, 3.05) is 0 Å². The molecule has 4 aromatic rings. The van der Waals surface area contributed by atoms with Gasteiger partial charge in [-0.15, -0.1) is 11.3 Å². The van der Waals surface area contributed by atoms with Crippen molar-refractivity contribution in [3.63, 3.8) is 0 Å². The van der Waals surface area contributed by atoms with E-state index >= 15 is 0 Å². The molecular weight excluding hydrogens is 408 g/mol. The molecular formula is C29H44N2S. The molecule has 32 heavy (non-hydrogen) atoms. The van der Waals surface area contributed by atoms with Gasteiger partial charge in [-0.25, -0.2) is 4.98 Å². The quantitative estimate of drug-likeness (QED) is 0.265. The summed E-state index contributed by atoms with van der Waals surface area (Å²) in [6.07, 6.45) is 1.87. The Morgan fingerprint density at radius 2 is 1.16 bits per heavy atom. The maximum atomic E-state index is 4.37. The number of hydrogen-bond donors (Lipinski definition) is 0. The Morgan fingerprint density at radius 3 is 1.59 bits per heavy atom. The van der Waals surface area contributed by atoms with E-state index in [0.717, 1.165) is 16.2 Å². The second-order valence-corrected chi connectivity index (χ2v) is 7.57. The lowest BCUT2D eigenvalue weighted by molar-refractivity contribution is 1.17. The Hall–Kier alpha value is -2.52. The highest BCUT2D eigenvalue weighted by atomic mass is 32.1. The van der Waals surface area contributed by atoms with Gasteiger partial charge in [0, 0.05) is 11.9 Å². The van der Waals surface area contributed by atoms with Crippen molar-refractivity contribution in [1.82, 2.24) is 9.97 Å². The molecule has 0 unspecified atom stereocenters. The van der Waals surface area contributed by atoms with Gasteiger partial charge in [-0.05, 0) is 63.9 Å². The Labute approximate surface area is 201 Å². The Kier molecular flexibility index (Phi) is 20.2. The summed E-state index contributed by atoms with van der Waals surface area (Å²) in [7, 11) is 0. The lowest BCUT2D eigenvalue weighted by atomic mass is 10.2. The number of fused-ring (bicyclic) bond motifs is 1. The van der Waals surface area contributed by atoms with Crippen molar-refractivity contribution in [3.8, 4) is 0 Å². The van der Waals surface area contributed by atoms with Crippen molar-refractivity contribution in [2.45, 2.75) is 76.2 Å². The van der Waals surface area contributed by atoms with E-state index in [1.54, 1.807) is 11.3 Å². The Balaban J connectivity index is 0. The first kappa shape index (κ1) is 31.7. The molecule has 2 nitrogen and oxygen atoms in total. The molecule has 0 radical (unpaired) electrons. The van der Waals surface area contributed by atoms with E-state index < -0.39 is 0 Å². The van der Waals surface area contributed by atoms with Gasteiger partial charge in [0.25, 0.3) is 0 Å². The van der Waals surface area contributed by atoms with E-state index in [4.69, 9.17) is 0 Å². The molecule has 2 aromatic carbocycles. The Morgan fingerprint density at radius 1 is 0.594 bits per heavy atom. The van der Waals surface area contributed by atoms with Crippen LogP contribution in [0.25, 0.3) is 10.2 Å². The molecule has 176 valence electrons. The summed E-state index contributed by atoms with van der Waals surface area (Å²) in [4.78, 5) is 8.45. The summed E-state index contributed by atoms with van der Waals surface area (Å²) in [6, 6.07) is 20.7. The van der Waals surface area contributed by atoms with Crippen LogP contribution in [0, 0.1) is 34.6 Å². The minimum absolute atomic E-state index is 1.08. The van der Waals surface area contributed by atoms with Gasteiger partial charge in [0.1, 0.15) is 0 Å². The molecule has 0 N–H and O–H groups in total. The van der Waals surface area contributed by atoms with Gasteiger partial charge in [0.15, 0.2) is 0 Å². The van der Waals surface area contributed by atoms with Crippen LogP contribution in [0.3, 0.4) is 0 Å². The van der Waals surface area contributed by atoms with Crippen LogP contribution in [0.15, 0.2) is 66.9 Å². The molecule has 0 bridgehead atoms. The molecule has 0 atom stereocenters. The first-order valence-electron chi connectivity index (χ1n) is 11.7. The van der Waals surface area contributed by atoms with E-state index in [-0.39, 0.29) is 0 Å². The zero-order valence-electron chi connectivity index (χ0n) is 22.2. The van der Waals surface area contributed by atoms with Crippen LogP contribution >= 0.6 is 11.3 Å². The molecule has 0 saturated carbocycles. The lowest BCUT2D eigenvalue weighted by Gasteiger charge is -1.89. The van der Waals surface area contributed by atoms with E-state index in [1.165, 1.54) is 21.4 Å². The Bertz CT molecular complexity index is 905. The third-order valence-corrected chi connectivity index (χ3v) is 4.58. The van der Waals surface area contributed by atoms with Crippen molar-refractivity contribution < 1.29 is 0 Å². The highest BCUT2D eigenvalue weighted by Crippen LogP contribution is 2.21. The lowest BCUT2D eigenvalue weighted by Crippen LogP contribution is -1.78. The first-order chi connectivity index (χ1) is 15.4. The second kappa shape index (κ2) is 20.4. The summed E-state index contributed by atoms with van der Waals surface area (Å²) < 4.78 is 1.29. The molecule has 0 spiro atoms. The molecule has 3 heteroatoms. The van der Waals surface area contributed by atoms with Crippen LogP contribution in [0.4, 0.5) is 0 Å². The number of rotatable bonds is 0. The molecule has 2 heterocycles. The third kappa shape index (κ3) is 14.5. The fourth-order valence-corrected chi connectivity index (χ4v) is 3.15. The van der Waals surface area contributed by atoms with Crippen LogP contribution in [-0.4, -0.2) is 9.97 Å². The number of hydrogen-bond acceptors (Lipinski definition) is 3. The molecule has 0 aliphatic heterocycles. The van der Waals surface area contributed by atoms with Gasteiger partial charge < -0.3 is 0 Å². The van der Waals surface area contributed by atoms with Crippen LogP contribution in [0.1, 0.15) is 68.9 Å². The van der Waals surface area contributed by atoms with E-state index in [9.17, 15) is 0 Å². The zero-order valence-corrected chi connectivity index (χ0v) is 23.0. The highest BCUT2D eigenvalue weighted by molar-refractivity contribution is 7.18. The predicted molar refractivity (Wildman–Crippen MR) is 148 cm³/mol. The standard InChI is InChI=1S/C9H9NS.C7H9N.C7H8.3C2H6/c1-6-3-4-8-9(5-6)11-7(2)10-8;1-6-3-4-7(2)8-5-6;1-7-5-3-2-4-6-7;3*1-2/h3-5H,1-2H3;3-5H,1-2H3;2-6H,1H3;3*1-2H3. The van der Waals surface area contributed by atoms with Crippen LogP contribution in [-0.2, 0) is 0 Å². The molecule has 0 aliphatic rings. The van der Waals surface area contributed by atoms with Gasteiger partial charge in [0.05, 0.1) is 15.2 Å². The summed E-state index contributed by atoms with van der Waals surface area (Å²) in [5.41, 5.74) is 6.05. The fraction of sp³-hybridized carbons (Fsp3) is 0.379. The number of aromatic nitrogens is 2. The first-order valence-corrected chi connectivity index (χ1v) is 12.5. The van der Waals surface area contributed by atoms with Gasteiger partial charge in [-0.3, -0.25) is 4.98 Å². The fourth-order valence-electron chi connectivity index (χ4n) is 2.22. The minimum atomic E-state index is 1.08. The van der Waals surface area contributed by atoms with E-state index in [1.807, 2.05) is 92.8 Å². The largest absolute Gasteiger partial charge is 0.261 e. The second-order valence-electron chi connectivity index (χ2n) is 6.34. The van der Waals surface area contributed by atoms with Gasteiger partial charge >= 0.3 is 0 Å². The summed E-state index contributed by atoms with van der Waals surface area (Å²) in [5, 5.41) is 1.14. The molecule has 0 saturated heterocycles. The van der Waals surface area contributed by atoms with Crippen LogP contribution in [0.5, 0.6) is 0 Å². The number of benzene rings is 2. The summed E-state index contributed by atoms with van der Waals surface area (Å²) in [5.74, 6) is 0. The summed E-state index contributed by atoms with van der Waals surface area (Å²) >= 11 is 1.76. The zero-order chi connectivity index (χ0) is 24.9. The van der Waals surface area contributed by atoms with Crippen LogP contribution < -0.4 is 0 Å². The van der Waals surface area contributed by atoms with Crippen molar-refractivity contribution in [1.29, 1.82) is 0 Å². The van der Waals surface area contributed by atoms with Crippen molar-refractivity contribution in [3.05, 3.63) is 94.3 Å². The monoisotopic (exact) mass is 452 g/mol. The van der Waals surface area contributed by atoms with Gasteiger partial charge in [0.2, 0.25) is 0 Å². The van der Waals surface area contributed by atoms with Crippen LogP contribution in [0.2, 0.25) is 0 Å². The van der Waals surface area contributed by atoms with Gasteiger partial charge in [-0.2, -0.15) is 0 Å². The maximum Gasteiger partial charge on any atom is 0.0907 e. The molecule has 0 amide bonds. The molecule has 4 rings (SSSR count). The average Bonchev–Trinajstić information content (AvgIpc) is 3.20. The smallest absolute Gasteiger partial charge is 0.0907 e. The number of nitrogens with zero attached hydrogens (tertiary/aromatic N) is 2. The van der Waals surface area contributed by atoms with Crippen molar-refractivity contribution in [2.24, 2.45) is 0 Å². The normalized spacial score (nSPS) is 8.47. The molecule has 0 aliphatic carbocycles. The number of aryl methyl sites for hydroxylation is 5. The average molecular weight is 453 g/mol. The predicted octanol–water partition coefficient (Wildman–Crippen LogP) is 9.69. The third-order valence-electron chi connectivity index (χ3n) is 3.65. The molecule has 0 fully saturated rings. The number of thiazole rings is 1. The SMILES string of the molecule is CC.CC.CC.Cc1ccc(C)nc1.Cc1ccc2nc(C)sc2c1.Cc1ccccc1. The van der Waals surface area contributed by atoms with Crippen molar-refractivity contribution >= 4 is 21.6 Å². The van der Waals surface area contributed by atoms with E-state index in [0.29, 0.717) is 0 Å². The van der Waals surface area contributed by atoms with Gasteiger partial charge in [-0.1, -0.05) is 89.6 Å². The number of pyridine rings is 1. The molecule has 2 aromatic heterocycles.